The summed E-state index contributed by atoms with van der Waals surface area (Å²) in [7, 11) is 3.02. The molecule has 0 bridgehead atoms. The Morgan fingerprint density at radius 3 is 2.71 bits per heavy atom. The van der Waals surface area contributed by atoms with Crippen LogP contribution in [0, 0.1) is 18.3 Å². The van der Waals surface area contributed by atoms with Crippen LogP contribution in [0.5, 0.6) is 11.8 Å². The van der Waals surface area contributed by atoms with Crippen LogP contribution in [0.25, 0.3) is 0 Å². The quantitative estimate of drug-likeness (QED) is 0.867. The normalized spacial score (nSPS) is 22.7. The van der Waals surface area contributed by atoms with Gasteiger partial charge in [0.05, 0.1) is 25.6 Å². The second-order valence-corrected chi connectivity index (χ2v) is 7.18. The van der Waals surface area contributed by atoms with Crippen LogP contribution >= 0.6 is 0 Å². The third kappa shape index (κ3) is 1.85. The van der Waals surface area contributed by atoms with E-state index in [0.29, 0.717) is 28.7 Å². The van der Waals surface area contributed by atoms with Gasteiger partial charge in [0.1, 0.15) is 5.56 Å². The minimum atomic E-state index is -0.203. The average molecular weight is 327 g/mol. The number of hydrogen-bond donors (Lipinski definition) is 0. The molecule has 0 saturated heterocycles. The van der Waals surface area contributed by atoms with E-state index < -0.39 is 0 Å². The van der Waals surface area contributed by atoms with E-state index >= 15 is 0 Å². The second kappa shape index (κ2) is 4.82. The highest BCUT2D eigenvalue weighted by molar-refractivity contribution is 5.98. The van der Waals surface area contributed by atoms with Crippen molar-refractivity contribution in [1.29, 1.82) is 0 Å². The molecule has 0 amide bonds. The van der Waals surface area contributed by atoms with Crippen molar-refractivity contribution in [3.05, 3.63) is 34.6 Å². The zero-order valence-corrected chi connectivity index (χ0v) is 14.6. The van der Waals surface area contributed by atoms with Gasteiger partial charge in [-0.05, 0) is 36.7 Å². The number of ether oxygens (including phenoxy) is 2. The van der Waals surface area contributed by atoms with Crippen molar-refractivity contribution < 1.29 is 14.3 Å². The average Bonchev–Trinajstić information content (AvgIpc) is 2.93. The van der Waals surface area contributed by atoms with Crippen LogP contribution < -0.4 is 9.47 Å². The van der Waals surface area contributed by atoms with E-state index in [1.807, 2.05) is 6.92 Å². The first-order chi connectivity index (χ1) is 11.4. The number of methoxy groups -OCH3 is 2. The van der Waals surface area contributed by atoms with Gasteiger partial charge >= 0.3 is 0 Å². The maximum Gasteiger partial charge on any atom is 0.283 e. The van der Waals surface area contributed by atoms with E-state index in [1.54, 1.807) is 16.8 Å². The summed E-state index contributed by atoms with van der Waals surface area (Å²) < 4.78 is 11.9. The molecule has 0 aromatic carbocycles. The molecule has 24 heavy (non-hydrogen) atoms. The highest BCUT2D eigenvalue weighted by Gasteiger charge is 2.64. The minimum absolute atomic E-state index is 0.203. The van der Waals surface area contributed by atoms with Gasteiger partial charge in [-0.25, -0.2) is 4.68 Å². The molecule has 1 saturated carbocycles. The van der Waals surface area contributed by atoms with Crippen molar-refractivity contribution in [2.75, 3.05) is 14.2 Å². The van der Waals surface area contributed by atoms with E-state index in [-0.39, 0.29) is 11.8 Å². The number of aryl methyl sites for hydroxylation is 1. The van der Waals surface area contributed by atoms with Gasteiger partial charge in [-0.1, -0.05) is 13.8 Å². The van der Waals surface area contributed by atoms with Gasteiger partial charge in [0, 0.05) is 11.6 Å². The first-order valence-corrected chi connectivity index (χ1v) is 8.12. The van der Waals surface area contributed by atoms with Crippen LogP contribution in [-0.4, -0.2) is 34.9 Å². The van der Waals surface area contributed by atoms with Crippen LogP contribution in [0.15, 0.2) is 12.1 Å². The van der Waals surface area contributed by atoms with Crippen molar-refractivity contribution >= 4 is 5.91 Å². The first-order valence-electron chi connectivity index (χ1n) is 8.12. The lowest BCUT2D eigenvalue weighted by Crippen LogP contribution is -2.19. The standard InChI is InChI=1S/C18H21N3O3/c1-9-14-12(8-11-15(14)18(11,2)3)21(20-9)17(22)10-6-7-13(23-4)19-16(10)24-5/h6-7,11,15H,8H2,1-5H3/t11-,15+/m0/s1. The topological polar surface area (TPSA) is 66.2 Å². The number of rotatable bonds is 3. The van der Waals surface area contributed by atoms with E-state index in [1.165, 1.54) is 19.8 Å². The van der Waals surface area contributed by atoms with Crippen LogP contribution in [0.2, 0.25) is 0 Å². The molecule has 0 N–H and O–H groups in total. The number of aromatic nitrogens is 3. The largest absolute Gasteiger partial charge is 0.481 e. The Kier molecular flexibility index (Phi) is 3.04. The number of carbonyl (C=O) groups excluding carboxylic acids is 1. The molecular formula is C18H21N3O3. The molecule has 4 rings (SSSR count). The fraction of sp³-hybridized carbons (Fsp3) is 0.500. The van der Waals surface area contributed by atoms with Gasteiger partial charge in [0.25, 0.3) is 5.91 Å². The maximum atomic E-state index is 13.0. The van der Waals surface area contributed by atoms with Crippen LogP contribution in [0.4, 0.5) is 0 Å². The molecule has 2 aliphatic rings. The molecule has 6 heteroatoms. The number of hydrogen-bond acceptors (Lipinski definition) is 5. The lowest BCUT2D eigenvalue weighted by Gasteiger charge is -2.12. The van der Waals surface area contributed by atoms with Crippen LogP contribution in [0.1, 0.15) is 47.1 Å². The Bertz CT molecular complexity index is 853. The molecule has 0 aliphatic heterocycles. The molecule has 1 fully saturated rings. The molecule has 6 nitrogen and oxygen atoms in total. The highest BCUT2D eigenvalue weighted by Crippen LogP contribution is 2.70. The summed E-state index contributed by atoms with van der Waals surface area (Å²) in [6.07, 6.45) is 0.908. The number of fused-ring (bicyclic) bond motifs is 3. The molecule has 2 atom stereocenters. The summed E-state index contributed by atoms with van der Waals surface area (Å²) in [5, 5.41) is 4.52. The molecule has 0 radical (unpaired) electrons. The van der Waals surface area contributed by atoms with Crippen molar-refractivity contribution in [1.82, 2.24) is 14.8 Å². The van der Waals surface area contributed by atoms with E-state index in [2.05, 4.69) is 23.9 Å². The summed E-state index contributed by atoms with van der Waals surface area (Å²) in [5.74, 6) is 1.62. The van der Waals surface area contributed by atoms with Crippen LogP contribution in [0.3, 0.4) is 0 Å². The van der Waals surface area contributed by atoms with E-state index in [9.17, 15) is 4.79 Å². The Morgan fingerprint density at radius 2 is 2.04 bits per heavy atom. The Morgan fingerprint density at radius 1 is 1.29 bits per heavy atom. The van der Waals surface area contributed by atoms with Crippen molar-refractivity contribution in [3.8, 4) is 11.8 Å². The monoisotopic (exact) mass is 327 g/mol. The Labute approximate surface area is 140 Å². The lowest BCUT2D eigenvalue weighted by atomic mass is 9.98. The smallest absolute Gasteiger partial charge is 0.283 e. The van der Waals surface area contributed by atoms with E-state index in [4.69, 9.17) is 9.47 Å². The number of carbonyl (C=O) groups is 1. The van der Waals surface area contributed by atoms with Gasteiger partial charge in [-0.3, -0.25) is 4.79 Å². The Balaban J connectivity index is 1.76. The predicted octanol–water partition coefficient (Wildman–Crippen LogP) is 2.59. The third-order valence-electron chi connectivity index (χ3n) is 5.64. The van der Waals surface area contributed by atoms with Crippen LogP contribution in [-0.2, 0) is 6.42 Å². The van der Waals surface area contributed by atoms with Crippen molar-refractivity contribution in [2.24, 2.45) is 11.3 Å². The van der Waals surface area contributed by atoms with Gasteiger partial charge < -0.3 is 9.47 Å². The summed E-state index contributed by atoms with van der Waals surface area (Å²) in [4.78, 5) is 17.2. The molecule has 2 heterocycles. The predicted molar refractivity (Wildman–Crippen MR) is 87.7 cm³/mol. The molecule has 126 valence electrons. The zero-order valence-electron chi connectivity index (χ0n) is 14.6. The third-order valence-corrected chi connectivity index (χ3v) is 5.64. The SMILES string of the molecule is COc1ccc(C(=O)n2nc(C)c3c2C[C@H]2[C@H]3C2(C)C)c(OC)n1. The molecule has 2 aromatic heterocycles. The fourth-order valence-electron chi connectivity index (χ4n) is 4.23. The minimum Gasteiger partial charge on any atom is -0.481 e. The molecule has 2 aliphatic carbocycles. The van der Waals surface area contributed by atoms with Crippen molar-refractivity contribution in [3.63, 3.8) is 0 Å². The molecule has 2 aromatic rings. The molecule has 0 unspecified atom stereocenters. The van der Waals surface area contributed by atoms with Crippen molar-refractivity contribution in [2.45, 2.75) is 33.1 Å². The zero-order chi connectivity index (χ0) is 17.2. The molecular weight excluding hydrogens is 306 g/mol. The van der Waals surface area contributed by atoms with Gasteiger partial charge in [0.2, 0.25) is 11.8 Å². The second-order valence-electron chi connectivity index (χ2n) is 7.18. The highest BCUT2D eigenvalue weighted by atomic mass is 16.5. The summed E-state index contributed by atoms with van der Waals surface area (Å²) >= 11 is 0. The summed E-state index contributed by atoms with van der Waals surface area (Å²) in [5.41, 5.74) is 3.98. The number of pyridine rings is 1. The first kappa shape index (κ1) is 15.2. The van der Waals surface area contributed by atoms with Gasteiger partial charge in [0.15, 0.2) is 0 Å². The maximum absolute atomic E-state index is 13.0. The van der Waals surface area contributed by atoms with E-state index in [0.717, 1.165) is 17.8 Å². The fourth-order valence-corrected chi connectivity index (χ4v) is 4.23. The number of nitrogens with zero attached hydrogens (tertiary/aromatic N) is 3. The van der Waals surface area contributed by atoms with Gasteiger partial charge in [-0.2, -0.15) is 10.1 Å². The Hall–Kier alpha value is -2.37. The summed E-state index contributed by atoms with van der Waals surface area (Å²) in [6, 6.07) is 3.34. The molecule has 0 spiro atoms. The van der Waals surface area contributed by atoms with Gasteiger partial charge in [-0.15, -0.1) is 0 Å². The summed E-state index contributed by atoms with van der Waals surface area (Å²) in [6.45, 7) is 6.57. The lowest BCUT2D eigenvalue weighted by molar-refractivity contribution is 0.0937.